The molecule has 3 aliphatic heterocycles. The lowest BCUT2D eigenvalue weighted by atomic mass is 10.1. The van der Waals surface area contributed by atoms with E-state index in [4.69, 9.17) is 58.1 Å². The molecule has 0 aliphatic carbocycles. The summed E-state index contributed by atoms with van der Waals surface area (Å²) in [5.41, 5.74) is 11.0. The van der Waals surface area contributed by atoms with E-state index in [1.54, 1.807) is 0 Å². The van der Waals surface area contributed by atoms with Crippen LogP contribution < -0.4 is 17.0 Å². The van der Waals surface area contributed by atoms with Gasteiger partial charge in [0.1, 0.15) is 35.7 Å². The molecular formula is C22H24F3N9O8P2S3. The first-order valence-corrected chi connectivity index (χ1v) is 19.9. The van der Waals surface area contributed by atoms with Gasteiger partial charge < -0.3 is 44.3 Å². The van der Waals surface area contributed by atoms with E-state index in [0.717, 1.165) is 21.0 Å². The van der Waals surface area contributed by atoms with E-state index in [-0.39, 0.29) is 22.8 Å². The second-order valence-corrected chi connectivity index (χ2v) is 18.4. The number of hydrogen-bond acceptors (Lipinski definition) is 15. The van der Waals surface area contributed by atoms with Gasteiger partial charge in [0.25, 0.3) is 5.56 Å². The number of thioether (sulfide) groups is 1. The number of anilines is 2. The van der Waals surface area contributed by atoms with Gasteiger partial charge in [-0.15, -0.1) is 16.9 Å². The van der Waals surface area contributed by atoms with E-state index in [1.807, 2.05) is 0 Å². The van der Waals surface area contributed by atoms with Gasteiger partial charge in [-0.3, -0.25) is 14.3 Å². The minimum Gasteiger partial charge on any atom is -0.398 e. The molecule has 2 bridgehead atoms. The van der Waals surface area contributed by atoms with Gasteiger partial charge in [0.05, 0.1) is 18.5 Å². The molecule has 254 valence electrons. The van der Waals surface area contributed by atoms with E-state index in [0.29, 0.717) is 11.1 Å². The zero-order valence-corrected chi connectivity index (χ0v) is 27.6. The molecule has 3 aliphatic rings. The predicted molar refractivity (Wildman–Crippen MR) is 168 cm³/mol. The number of nitrogens with zero attached hydrogens (tertiary/aromatic N) is 6. The van der Waals surface area contributed by atoms with Crippen molar-refractivity contribution in [3.05, 3.63) is 34.9 Å². The molecule has 0 spiro atoms. The lowest BCUT2D eigenvalue weighted by Gasteiger charge is -2.29. The fraction of sp³-hybridized carbons (Fsp3) is 0.500. The maximum atomic E-state index is 16.1. The summed E-state index contributed by atoms with van der Waals surface area (Å²) in [4.78, 5) is 44.7. The smallest absolute Gasteiger partial charge is 0.325 e. The Morgan fingerprint density at radius 1 is 1.17 bits per heavy atom. The number of rotatable bonds is 2. The third-order valence-electron chi connectivity index (χ3n) is 7.62. The van der Waals surface area contributed by atoms with E-state index < -0.39 is 85.6 Å². The fourth-order valence-corrected chi connectivity index (χ4v) is 9.71. The Bertz CT molecular complexity index is 2020. The van der Waals surface area contributed by atoms with Crippen molar-refractivity contribution >= 4 is 82.4 Å². The number of nitrogen functional groups attached to an aromatic ring is 2. The summed E-state index contributed by atoms with van der Waals surface area (Å²) in [6.45, 7) is -9.72. The van der Waals surface area contributed by atoms with Crippen LogP contribution in [0.4, 0.5) is 24.8 Å². The summed E-state index contributed by atoms with van der Waals surface area (Å²) in [5, 5.41) is 5.79. The SMILES string of the molecule is Nc1nc2c(nnn2[C@@H]2S[C@@H]3COP(O)(=S)CO[C@@H]4[C@@H](COP(O)(=S)O[C@@H]2[C@H]3F)O[C@@H](n2ccc3c(N)ccnc32)C4(F)F)c(=O)[nH]1. The third kappa shape index (κ3) is 5.99. The van der Waals surface area contributed by atoms with Gasteiger partial charge in [-0.2, -0.15) is 13.8 Å². The quantitative estimate of drug-likeness (QED) is 0.182. The van der Waals surface area contributed by atoms with Crippen molar-refractivity contribution in [1.82, 2.24) is 34.5 Å². The van der Waals surface area contributed by atoms with Gasteiger partial charge in [0.15, 0.2) is 17.3 Å². The van der Waals surface area contributed by atoms with Gasteiger partial charge in [0, 0.05) is 23.5 Å². The Balaban J connectivity index is 1.22. The lowest BCUT2D eigenvalue weighted by Crippen LogP contribution is -2.42. The molecule has 7 rings (SSSR count). The first kappa shape index (κ1) is 33.2. The summed E-state index contributed by atoms with van der Waals surface area (Å²) in [7, 11) is 0. The molecular weight excluding hydrogens is 733 g/mol. The molecule has 2 unspecified atom stereocenters. The summed E-state index contributed by atoms with van der Waals surface area (Å²) >= 11 is 11.2. The predicted octanol–water partition coefficient (Wildman–Crippen LogP) is 1.51. The van der Waals surface area contributed by atoms with Crippen LogP contribution in [-0.4, -0.2) is 99.5 Å². The Hall–Kier alpha value is -2.27. The molecule has 47 heavy (non-hydrogen) atoms. The zero-order valence-electron chi connectivity index (χ0n) is 23.4. The molecule has 25 heteroatoms. The first-order valence-electron chi connectivity index (χ1n) is 13.5. The number of ether oxygens (including phenoxy) is 2. The van der Waals surface area contributed by atoms with Crippen LogP contribution in [0.3, 0.4) is 0 Å². The average Bonchev–Trinajstić information content (AvgIpc) is 3.73. The number of H-pyrrole nitrogens is 1. The molecule has 0 aromatic carbocycles. The van der Waals surface area contributed by atoms with Crippen LogP contribution in [0.15, 0.2) is 29.3 Å². The van der Waals surface area contributed by atoms with Gasteiger partial charge in [0.2, 0.25) is 18.7 Å². The van der Waals surface area contributed by atoms with Gasteiger partial charge >= 0.3 is 12.6 Å². The van der Waals surface area contributed by atoms with E-state index in [9.17, 15) is 14.6 Å². The number of halogens is 3. The van der Waals surface area contributed by atoms with E-state index in [2.05, 4.69) is 25.3 Å². The highest BCUT2D eigenvalue weighted by Gasteiger charge is 2.62. The minimum absolute atomic E-state index is 0.0968. The average molecular weight is 758 g/mol. The van der Waals surface area contributed by atoms with Crippen LogP contribution in [0.25, 0.3) is 22.2 Å². The highest BCUT2D eigenvalue weighted by molar-refractivity contribution is 8.09. The zero-order chi connectivity index (χ0) is 33.5. The largest absolute Gasteiger partial charge is 0.398 e. The molecule has 9 atom stereocenters. The van der Waals surface area contributed by atoms with E-state index >= 15 is 13.2 Å². The van der Waals surface area contributed by atoms with Gasteiger partial charge in [-0.05, 0) is 35.7 Å². The van der Waals surface area contributed by atoms with E-state index in [1.165, 1.54) is 24.5 Å². The Labute approximate surface area is 275 Å². The fourth-order valence-electron chi connectivity index (χ4n) is 5.50. The number of alkyl halides is 3. The molecule has 17 nitrogen and oxygen atoms in total. The van der Waals surface area contributed by atoms with Crippen molar-refractivity contribution < 1.29 is 46.0 Å². The van der Waals surface area contributed by atoms with Crippen molar-refractivity contribution in [2.45, 2.75) is 47.3 Å². The number of aromatic amines is 1. The van der Waals surface area contributed by atoms with Crippen LogP contribution in [0, 0.1) is 0 Å². The number of hydrogen-bond donors (Lipinski definition) is 5. The van der Waals surface area contributed by atoms with Crippen LogP contribution in [0.1, 0.15) is 11.6 Å². The van der Waals surface area contributed by atoms with Crippen molar-refractivity contribution in [1.29, 1.82) is 0 Å². The minimum atomic E-state index is -4.42. The topological polar surface area (TPSA) is 233 Å². The van der Waals surface area contributed by atoms with Crippen molar-refractivity contribution in [2.75, 3.05) is 31.0 Å². The Morgan fingerprint density at radius 3 is 2.74 bits per heavy atom. The number of nitrogens with one attached hydrogen (secondary N) is 1. The molecule has 0 amide bonds. The molecule has 0 saturated carbocycles. The summed E-state index contributed by atoms with van der Waals surface area (Å²) in [6, 6.07) is 3.00. The van der Waals surface area contributed by atoms with Crippen LogP contribution >= 0.6 is 25.0 Å². The molecule has 4 aromatic heterocycles. The molecule has 7 heterocycles. The molecule has 3 fully saturated rings. The molecule has 7 N–H and O–H groups in total. The Kier molecular flexibility index (Phi) is 8.45. The van der Waals surface area contributed by atoms with Crippen LogP contribution in [0.2, 0.25) is 0 Å². The van der Waals surface area contributed by atoms with Crippen molar-refractivity contribution in [3.63, 3.8) is 0 Å². The van der Waals surface area contributed by atoms with Gasteiger partial charge in [-0.1, -0.05) is 5.21 Å². The van der Waals surface area contributed by atoms with Crippen LogP contribution in [-0.2, 0) is 46.7 Å². The number of fused-ring (bicyclic) bond motifs is 5. The second-order valence-electron chi connectivity index (χ2n) is 10.7. The molecule has 3 saturated heterocycles. The second kappa shape index (κ2) is 12.0. The monoisotopic (exact) mass is 757 g/mol. The summed E-state index contributed by atoms with van der Waals surface area (Å²) in [6.07, 6.45) is -7.49. The van der Waals surface area contributed by atoms with Gasteiger partial charge in [-0.25, -0.2) is 14.1 Å². The number of nitrogens with two attached hydrogens (primary N) is 2. The highest BCUT2D eigenvalue weighted by Crippen LogP contribution is 2.57. The molecule has 4 aromatic rings. The van der Waals surface area contributed by atoms with Crippen LogP contribution in [0.5, 0.6) is 0 Å². The summed E-state index contributed by atoms with van der Waals surface area (Å²) < 4.78 is 78.1. The number of pyridine rings is 1. The standard InChI is InChI=1S/C22H24F3N9O8P2S3/c23-12-11-6-39-43(36,45)7-38-15-10(41-20(22(15,24)25)33-4-2-8-9(26)1-3-28-16(8)33)5-40-44(37,46)42-14(12)19(47-11)34-17-13(31-32-34)18(35)30-21(27)29-17/h1-4,10-12,14-15,19-20H,5-7H2,(H2,26,28)(H,36,45)(H,37,46)(H3,27,29,30,35)/t10-,11-,12+,14-,15-,19-,20-,43?,44?/m1/s1. The Morgan fingerprint density at radius 2 is 1.96 bits per heavy atom. The lowest BCUT2D eigenvalue weighted by molar-refractivity contribution is -0.147. The summed E-state index contributed by atoms with van der Waals surface area (Å²) in [5.74, 6) is -4.06. The normalized spacial score (nSPS) is 36.4. The van der Waals surface area contributed by atoms with Crippen molar-refractivity contribution in [3.8, 4) is 0 Å². The van der Waals surface area contributed by atoms with Crippen molar-refractivity contribution in [2.24, 2.45) is 0 Å². The maximum absolute atomic E-state index is 16.1. The number of aromatic nitrogens is 7. The molecule has 0 radical (unpaired) electrons. The maximum Gasteiger partial charge on any atom is 0.325 e. The highest BCUT2D eigenvalue weighted by atomic mass is 32.5. The first-order chi connectivity index (χ1) is 22.1. The third-order valence-corrected chi connectivity index (χ3v) is 12.3.